The van der Waals surface area contributed by atoms with Crippen molar-refractivity contribution in [1.82, 2.24) is 14.1 Å². The van der Waals surface area contributed by atoms with Crippen LogP contribution in [0.25, 0.3) is 0 Å². The molecule has 2 aliphatic rings. The van der Waals surface area contributed by atoms with Gasteiger partial charge in [-0.25, -0.2) is 8.42 Å². The number of likely N-dealkylation sites (tertiary alicyclic amines) is 1. The number of amides is 1. The lowest BCUT2D eigenvalue weighted by Gasteiger charge is -2.34. The Morgan fingerprint density at radius 2 is 1.74 bits per heavy atom. The van der Waals surface area contributed by atoms with E-state index in [0.717, 1.165) is 64.3 Å². The standard InChI is InChI=1S/C23H37N3O4S/c1-4-26(5-2)31(28,29)21-7-6-19(3)22(18-21)23(27)25-12-9-20(10-13-25)8-11-24-14-16-30-17-15-24/h6-7,18,20H,4-5,8-17H2,1-3H3. The molecular formula is C23H37N3O4S. The molecule has 7 nitrogen and oxygen atoms in total. The van der Waals surface area contributed by atoms with Crippen LogP contribution in [-0.4, -0.2) is 87.5 Å². The molecular weight excluding hydrogens is 414 g/mol. The van der Waals surface area contributed by atoms with Crippen molar-refractivity contribution in [3.63, 3.8) is 0 Å². The van der Waals surface area contributed by atoms with E-state index in [-0.39, 0.29) is 10.8 Å². The van der Waals surface area contributed by atoms with Crippen molar-refractivity contribution in [2.24, 2.45) is 5.92 Å². The highest BCUT2D eigenvalue weighted by Gasteiger charge is 2.27. The number of hydrogen-bond acceptors (Lipinski definition) is 5. The highest BCUT2D eigenvalue weighted by molar-refractivity contribution is 7.89. The van der Waals surface area contributed by atoms with Crippen LogP contribution in [0.3, 0.4) is 0 Å². The molecule has 0 N–H and O–H groups in total. The van der Waals surface area contributed by atoms with Gasteiger partial charge in [-0.15, -0.1) is 0 Å². The van der Waals surface area contributed by atoms with Gasteiger partial charge in [-0.3, -0.25) is 9.69 Å². The van der Waals surface area contributed by atoms with Crippen LogP contribution in [0.2, 0.25) is 0 Å². The van der Waals surface area contributed by atoms with E-state index in [9.17, 15) is 13.2 Å². The van der Waals surface area contributed by atoms with E-state index >= 15 is 0 Å². The summed E-state index contributed by atoms with van der Waals surface area (Å²) in [6, 6.07) is 4.92. The minimum atomic E-state index is -3.58. The van der Waals surface area contributed by atoms with Gasteiger partial charge >= 0.3 is 0 Å². The fraction of sp³-hybridized carbons (Fsp3) is 0.696. The Bertz CT molecular complexity index is 840. The lowest BCUT2D eigenvalue weighted by molar-refractivity contribution is 0.0332. The maximum atomic E-state index is 13.2. The quantitative estimate of drug-likeness (QED) is 0.608. The van der Waals surface area contributed by atoms with Crippen molar-refractivity contribution >= 4 is 15.9 Å². The monoisotopic (exact) mass is 451 g/mol. The summed E-state index contributed by atoms with van der Waals surface area (Å²) in [5, 5.41) is 0. The third-order valence-electron chi connectivity index (χ3n) is 6.64. The first-order chi connectivity index (χ1) is 14.9. The average molecular weight is 452 g/mol. The zero-order valence-electron chi connectivity index (χ0n) is 19.2. The number of morpholine rings is 1. The molecule has 174 valence electrons. The van der Waals surface area contributed by atoms with Crippen molar-refractivity contribution in [2.75, 3.05) is 59.0 Å². The zero-order valence-corrected chi connectivity index (χ0v) is 20.0. The smallest absolute Gasteiger partial charge is 0.254 e. The summed E-state index contributed by atoms with van der Waals surface area (Å²) >= 11 is 0. The molecule has 0 aromatic heterocycles. The molecule has 0 spiro atoms. The Labute approximate surface area is 187 Å². The van der Waals surface area contributed by atoms with Gasteiger partial charge in [0.25, 0.3) is 5.91 Å². The normalized spacial score (nSPS) is 19.2. The van der Waals surface area contributed by atoms with Crippen LogP contribution in [0.5, 0.6) is 0 Å². The third kappa shape index (κ3) is 5.86. The number of hydrogen-bond donors (Lipinski definition) is 0. The van der Waals surface area contributed by atoms with Crippen molar-refractivity contribution in [1.29, 1.82) is 0 Å². The molecule has 0 radical (unpaired) electrons. The van der Waals surface area contributed by atoms with Gasteiger partial charge in [-0.05, 0) is 56.3 Å². The van der Waals surface area contributed by atoms with E-state index in [2.05, 4.69) is 4.90 Å². The molecule has 0 atom stereocenters. The number of sulfonamides is 1. The summed E-state index contributed by atoms with van der Waals surface area (Å²) in [5.74, 6) is 0.586. The SMILES string of the molecule is CCN(CC)S(=O)(=O)c1ccc(C)c(C(=O)N2CCC(CCN3CCOCC3)CC2)c1. The van der Waals surface area contributed by atoms with E-state index in [1.165, 1.54) is 10.7 Å². The summed E-state index contributed by atoms with van der Waals surface area (Å²) in [6.45, 7) is 12.6. The Hall–Kier alpha value is -1.48. The summed E-state index contributed by atoms with van der Waals surface area (Å²) in [5.41, 5.74) is 1.32. The summed E-state index contributed by atoms with van der Waals surface area (Å²) in [6.07, 6.45) is 3.18. The predicted molar refractivity (Wildman–Crippen MR) is 122 cm³/mol. The molecule has 0 bridgehead atoms. The molecule has 1 amide bonds. The van der Waals surface area contributed by atoms with Crippen molar-refractivity contribution in [3.8, 4) is 0 Å². The molecule has 1 aromatic carbocycles. The fourth-order valence-electron chi connectivity index (χ4n) is 4.49. The Kier molecular flexibility index (Phi) is 8.50. The van der Waals surface area contributed by atoms with E-state index in [0.29, 0.717) is 24.6 Å². The van der Waals surface area contributed by atoms with Crippen molar-refractivity contribution in [3.05, 3.63) is 29.3 Å². The van der Waals surface area contributed by atoms with E-state index in [4.69, 9.17) is 4.74 Å². The van der Waals surface area contributed by atoms with Crippen LogP contribution in [0.15, 0.2) is 23.1 Å². The zero-order chi connectivity index (χ0) is 22.4. The van der Waals surface area contributed by atoms with Gasteiger partial charge in [-0.1, -0.05) is 19.9 Å². The van der Waals surface area contributed by atoms with Crippen molar-refractivity contribution < 1.29 is 17.9 Å². The molecule has 2 fully saturated rings. The number of rotatable bonds is 8. The molecule has 2 saturated heterocycles. The molecule has 0 saturated carbocycles. The molecule has 0 unspecified atom stereocenters. The molecule has 8 heteroatoms. The van der Waals surface area contributed by atoms with Crippen LogP contribution in [0.1, 0.15) is 49.0 Å². The van der Waals surface area contributed by atoms with E-state index in [1.807, 2.05) is 25.7 Å². The van der Waals surface area contributed by atoms with Gasteiger partial charge < -0.3 is 9.64 Å². The summed E-state index contributed by atoms with van der Waals surface area (Å²) < 4.78 is 32.6. The lowest BCUT2D eigenvalue weighted by Crippen LogP contribution is -2.41. The second-order valence-electron chi connectivity index (χ2n) is 8.54. The van der Waals surface area contributed by atoms with Crippen molar-refractivity contribution in [2.45, 2.75) is 44.9 Å². The number of piperidine rings is 1. The molecule has 2 aliphatic heterocycles. The van der Waals surface area contributed by atoms with Crippen LogP contribution in [0, 0.1) is 12.8 Å². The minimum absolute atomic E-state index is 0.0549. The second-order valence-corrected chi connectivity index (χ2v) is 10.5. The van der Waals surface area contributed by atoms with Crippen LogP contribution in [-0.2, 0) is 14.8 Å². The number of benzene rings is 1. The number of carbonyl (C=O) groups excluding carboxylic acids is 1. The largest absolute Gasteiger partial charge is 0.379 e. The maximum absolute atomic E-state index is 13.2. The Morgan fingerprint density at radius 3 is 2.35 bits per heavy atom. The molecule has 0 aliphatic carbocycles. The first kappa shape index (κ1) is 24.2. The molecule has 1 aromatic rings. The van der Waals surface area contributed by atoms with Gasteiger partial charge in [0.15, 0.2) is 0 Å². The summed E-state index contributed by atoms with van der Waals surface area (Å²) in [4.78, 5) is 17.8. The van der Waals surface area contributed by atoms with Gasteiger partial charge in [0.1, 0.15) is 0 Å². The van der Waals surface area contributed by atoms with Gasteiger partial charge in [-0.2, -0.15) is 4.31 Å². The Morgan fingerprint density at radius 1 is 1.10 bits per heavy atom. The van der Waals surface area contributed by atoms with Crippen LogP contribution >= 0.6 is 0 Å². The molecule has 31 heavy (non-hydrogen) atoms. The lowest BCUT2D eigenvalue weighted by atomic mass is 9.92. The molecule has 3 rings (SSSR count). The Balaban J connectivity index is 1.61. The second kappa shape index (κ2) is 10.9. The highest BCUT2D eigenvalue weighted by Crippen LogP contribution is 2.25. The number of carbonyl (C=O) groups is 1. The van der Waals surface area contributed by atoms with Gasteiger partial charge in [0.2, 0.25) is 10.0 Å². The van der Waals surface area contributed by atoms with Gasteiger partial charge in [0, 0.05) is 44.8 Å². The third-order valence-corrected chi connectivity index (χ3v) is 8.69. The number of aryl methyl sites for hydroxylation is 1. The minimum Gasteiger partial charge on any atom is -0.379 e. The first-order valence-corrected chi connectivity index (χ1v) is 13.0. The van der Waals surface area contributed by atoms with Crippen LogP contribution in [0.4, 0.5) is 0 Å². The number of nitrogens with zero attached hydrogens (tertiary/aromatic N) is 3. The molecule has 2 heterocycles. The summed E-state index contributed by atoms with van der Waals surface area (Å²) in [7, 11) is -3.58. The highest BCUT2D eigenvalue weighted by atomic mass is 32.2. The van der Waals surface area contributed by atoms with Gasteiger partial charge in [0.05, 0.1) is 18.1 Å². The first-order valence-electron chi connectivity index (χ1n) is 11.6. The fourth-order valence-corrected chi connectivity index (χ4v) is 5.97. The topological polar surface area (TPSA) is 70.2 Å². The van der Waals surface area contributed by atoms with E-state index < -0.39 is 10.0 Å². The maximum Gasteiger partial charge on any atom is 0.254 e. The average Bonchev–Trinajstić information content (AvgIpc) is 2.79. The predicted octanol–water partition coefficient (Wildman–Crippen LogP) is 2.60. The van der Waals surface area contributed by atoms with Crippen LogP contribution < -0.4 is 0 Å². The number of ether oxygens (including phenoxy) is 1. The van der Waals surface area contributed by atoms with E-state index in [1.54, 1.807) is 18.2 Å².